The zero-order chi connectivity index (χ0) is 17.5. The zero-order valence-electron chi connectivity index (χ0n) is 12.5. The third-order valence-electron chi connectivity index (χ3n) is 2.92. The molecule has 0 bridgehead atoms. The van der Waals surface area contributed by atoms with Crippen LogP contribution >= 0.6 is 0 Å². The van der Waals surface area contributed by atoms with Crippen LogP contribution in [-0.4, -0.2) is 24.4 Å². The fourth-order valence-electron chi connectivity index (χ4n) is 1.77. The first-order chi connectivity index (χ1) is 10.8. The van der Waals surface area contributed by atoms with Crippen molar-refractivity contribution in [3.63, 3.8) is 0 Å². The number of aryl methyl sites for hydroxylation is 1. The number of benzene rings is 2. The predicted molar refractivity (Wildman–Crippen MR) is 86.8 cm³/mol. The van der Waals surface area contributed by atoms with E-state index in [4.69, 9.17) is 10.3 Å². The van der Waals surface area contributed by atoms with Gasteiger partial charge in [0.15, 0.2) is 0 Å². The van der Waals surface area contributed by atoms with Gasteiger partial charge in [-0.05, 0) is 32.0 Å². The molecule has 0 unspecified atom stereocenters. The molecule has 0 aliphatic carbocycles. The molecule has 0 amide bonds. The normalized spacial score (nSPS) is 10.6. The molecule has 0 aliphatic rings. The number of nitro benzene ring substituents is 1. The molecule has 124 valence electrons. The van der Waals surface area contributed by atoms with Gasteiger partial charge < -0.3 is 5.73 Å². The minimum atomic E-state index is -4.02. The maximum absolute atomic E-state index is 10.5. The summed E-state index contributed by atoms with van der Waals surface area (Å²) in [6.45, 7) is 2.28. The molecule has 0 spiro atoms. The second-order valence-electron chi connectivity index (χ2n) is 4.71. The summed E-state index contributed by atoms with van der Waals surface area (Å²) in [5, 5.41) is 10.5. The lowest BCUT2D eigenvalue weighted by Crippen LogP contribution is -2.04. The lowest BCUT2D eigenvalue weighted by Gasteiger charge is -1.98. The van der Waals surface area contributed by atoms with Crippen molar-refractivity contribution in [2.24, 2.45) is 5.73 Å². The maximum atomic E-state index is 10.5. The minimum absolute atomic E-state index is 0.0666. The molecular weight excluding hydrogens is 320 g/mol. The summed E-state index contributed by atoms with van der Waals surface area (Å²) < 4.78 is 29.6. The van der Waals surface area contributed by atoms with Crippen LogP contribution in [0.2, 0.25) is 0 Å². The summed E-state index contributed by atoms with van der Waals surface area (Å²) in [5.74, 6) is 0. The van der Waals surface area contributed by atoms with Crippen molar-refractivity contribution < 1.29 is 17.9 Å². The van der Waals surface area contributed by atoms with Crippen LogP contribution < -0.4 is 5.73 Å². The van der Waals surface area contributed by atoms with Crippen LogP contribution in [0.15, 0.2) is 53.4 Å². The summed E-state index contributed by atoms with van der Waals surface area (Å²) in [4.78, 5) is 10.0. The Morgan fingerprint density at radius 1 is 1.13 bits per heavy atom. The Hall–Kier alpha value is -2.29. The van der Waals surface area contributed by atoms with Crippen LogP contribution in [0.1, 0.15) is 11.1 Å². The topological polar surface area (TPSA) is 124 Å². The van der Waals surface area contributed by atoms with Crippen LogP contribution in [-0.2, 0) is 16.5 Å². The Morgan fingerprint density at radius 2 is 1.70 bits per heavy atom. The number of para-hydroxylation sites is 1. The highest BCUT2D eigenvalue weighted by Gasteiger charge is 2.10. The summed E-state index contributed by atoms with van der Waals surface area (Å²) in [6, 6.07) is 12.6. The van der Waals surface area contributed by atoms with Crippen LogP contribution in [0, 0.1) is 17.0 Å². The molecule has 0 aromatic heterocycles. The summed E-state index contributed by atoms with van der Waals surface area (Å²) in [5.41, 5.74) is 7.12. The molecule has 0 fully saturated rings. The van der Waals surface area contributed by atoms with Crippen LogP contribution in [0.4, 0.5) is 5.69 Å². The second-order valence-corrected chi connectivity index (χ2v) is 6.13. The number of rotatable bonds is 4. The van der Waals surface area contributed by atoms with Crippen LogP contribution in [0.5, 0.6) is 0 Å². The molecule has 0 saturated heterocycles. The van der Waals surface area contributed by atoms with Crippen molar-refractivity contribution >= 4 is 15.8 Å². The Bertz CT molecular complexity index is 758. The fraction of sp³-hybridized carbons (Fsp3) is 0.200. The Morgan fingerprint density at radius 3 is 2.17 bits per heavy atom. The third-order valence-corrected chi connectivity index (χ3v) is 3.79. The standard InChI is InChI=1S/C8H10N2O2.C7H8O3S/c9-6-5-7-3-1-2-4-8(7)10(11)12;1-6-2-4-7(5-3-6)11(8,9)10/h1-4H,5-6,9H2;2-5H,1H3,(H,8,9,10). The van der Waals surface area contributed by atoms with E-state index < -0.39 is 10.1 Å². The molecule has 2 rings (SSSR count). The number of nitrogens with zero attached hydrogens (tertiary/aromatic N) is 1. The van der Waals surface area contributed by atoms with Gasteiger partial charge in [-0.1, -0.05) is 35.9 Å². The van der Waals surface area contributed by atoms with Gasteiger partial charge in [-0.3, -0.25) is 14.7 Å². The monoisotopic (exact) mass is 338 g/mol. The SMILES string of the molecule is Cc1ccc(S(=O)(=O)O)cc1.NCCc1ccccc1[N+](=O)[O-]. The van der Waals surface area contributed by atoms with E-state index in [-0.39, 0.29) is 15.5 Å². The highest BCUT2D eigenvalue weighted by molar-refractivity contribution is 7.85. The second kappa shape index (κ2) is 8.37. The third kappa shape index (κ3) is 6.15. The van der Waals surface area contributed by atoms with Gasteiger partial charge in [0.2, 0.25) is 0 Å². The van der Waals surface area contributed by atoms with E-state index in [2.05, 4.69) is 0 Å². The molecule has 0 aliphatic heterocycles. The summed E-state index contributed by atoms with van der Waals surface area (Å²) in [7, 11) is -4.02. The average Bonchev–Trinajstić information content (AvgIpc) is 2.48. The van der Waals surface area contributed by atoms with Crippen molar-refractivity contribution in [1.82, 2.24) is 0 Å². The minimum Gasteiger partial charge on any atom is -0.330 e. The molecule has 0 saturated carbocycles. The lowest BCUT2D eigenvalue weighted by molar-refractivity contribution is -0.385. The van der Waals surface area contributed by atoms with E-state index >= 15 is 0 Å². The number of nitro groups is 1. The number of hydrogen-bond acceptors (Lipinski definition) is 5. The van der Waals surface area contributed by atoms with Crippen molar-refractivity contribution in [2.45, 2.75) is 18.2 Å². The van der Waals surface area contributed by atoms with E-state index in [1.54, 1.807) is 30.3 Å². The molecule has 2 aromatic carbocycles. The molecule has 3 N–H and O–H groups in total. The first-order valence-electron chi connectivity index (χ1n) is 6.72. The van der Waals surface area contributed by atoms with E-state index in [0.717, 1.165) is 5.56 Å². The average molecular weight is 338 g/mol. The highest BCUT2D eigenvalue weighted by Crippen LogP contribution is 2.17. The fourth-order valence-corrected chi connectivity index (χ4v) is 2.25. The van der Waals surface area contributed by atoms with Gasteiger partial charge in [0.25, 0.3) is 15.8 Å². The zero-order valence-corrected chi connectivity index (χ0v) is 13.4. The summed E-state index contributed by atoms with van der Waals surface area (Å²) >= 11 is 0. The van der Waals surface area contributed by atoms with Gasteiger partial charge in [0.1, 0.15) is 0 Å². The van der Waals surface area contributed by atoms with Gasteiger partial charge in [-0.2, -0.15) is 8.42 Å². The van der Waals surface area contributed by atoms with Crippen LogP contribution in [0.3, 0.4) is 0 Å². The van der Waals surface area contributed by atoms with Gasteiger partial charge in [0, 0.05) is 11.6 Å². The quantitative estimate of drug-likeness (QED) is 0.501. The molecule has 0 heterocycles. The van der Waals surface area contributed by atoms with Gasteiger partial charge in [-0.15, -0.1) is 0 Å². The summed E-state index contributed by atoms with van der Waals surface area (Å²) in [6.07, 6.45) is 0.553. The molecular formula is C15H18N2O5S. The van der Waals surface area contributed by atoms with Gasteiger partial charge in [0.05, 0.1) is 9.82 Å². The first kappa shape index (κ1) is 18.8. The Labute approximate surface area is 134 Å². The molecule has 7 nitrogen and oxygen atoms in total. The molecule has 0 radical (unpaired) electrons. The lowest BCUT2D eigenvalue weighted by atomic mass is 10.1. The van der Waals surface area contributed by atoms with Crippen molar-refractivity contribution in [3.8, 4) is 0 Å². The highest BCUT2D eigenvalue weighted by atomic mass is 32.2. The number of hydrogen-bond donors (Lipinski definition) is 2. The van der Waals surface area contributed by atoms with Crippen molar-refractivity contribution in [1.29, 1.82) is 0 Å². The van der Waals surface area contributed by atoms with Gasteiger partial charge >= 0.3 is 0 Å². The van der Waals surface area contributed by atoms with Crippen molar-refractivity contribution in [2.75, 3.05) is 6.54 Å². The molecule has 23 heavy (non-hydrogen) atoms. The molecule has 8 heteroatoms. The largest absolute Gasteiger partial charge is 0.330 e. The molecule has 2 aromatic rings. The maximum Gasteiger partial charge on any atom is 0.294 e. The van der Waals surface area contributed by atoms with E-state index in [1.807, 2.05) is 6.92 Å². The van der Waals surface area contributed by atoms with E-state index in [9.17, 15) is 18.5 Å². The van der Waals surface area contributed by atoms with E-state index in [0.29, 0.717) is 18.5 Å². The van der Waals surface area contributed by atoms with E-state index in [1.165, 1.54) is 18.2 Å². The first-order valence-corrected chi connectivity index (χ1v) is 8.16. The smallest absolute Gasteiger partial charge is 0.294 e. The van der Waals surface area contributed by atoms with Gasteiger partial charge in [-0.25, -0.2) is 0 Å². The van der Waals surface area contributed by atoms with Crippen LogP contribution in [0.25, 0.3) is 0 Å². The van der Waals surface area contributed by atoms with Crippen molar-refractivity contribution in [3.05, 3.63) is 69.8 Å². The molecule has 0 atom stereocenters. The number of nitrogens with two attached hydrogens (primary N) is 1. The Balaban J connectivity index is 0.000000231. The predicted octanol–water partition coefficient (Wildman–Crippen LogP) is 2.34. The Kier molecular flexibility index (Phi) is 6.83.